The topological polar surface area (TPSA) is 0 Å². The van der Waals surface area contributed by atoms with E-state index in [2.05, 4.69) is 160 Å². The molecule has 0 amide bonds. The minimum absolute atomic E-state index is 0. The average Bonchev–Trinajstić information content (AvgIpc) is 3.60. The monoisotopic (exact) mass is 728 g/mol. The quantitative estimate of drug-likeness (QED) is 0.214. The minimum atomic E-state index is -2.41. The number of hydrogen-bond acceptors (Lipinski definition) is 0. The van der Waals surface area contributed by atoms with E-state index in [1.807, 2.05) is 0 Å². The van der Waals surface area contributed by atoms with Crippen molar-refractivity contribution in [2.45, 2.75) is 34.2 Å². The number of hydrogen-bond donors (Lipinski definition) is 0. The van der Waals surface area contributed by atoms with E-state index in [0.717, 1.165) is 0 Å². The van der Waals surface area contributed by atoms with E-state index in [0.29, 0.717) is 7.25 Å². The summed E-state index contributed by atoms with van der Waals surface area (Å²) in [5, 5.41) is 5.47. The third-order valence-corrected chi connectivity index (χ3v) is 28.9. The second kappa shape index (κ2) is 13.2. The van der Waals surface area contributed by atoms with Crippen LogP contribution >= 0.6 is 0 Å². The molecule has 46 heavy (non-hydrogen) atoms. The van der Waals surface area contributed by atoms with Gasteiger partial charge in [-0.2, -0.15) is 0 Å². The number of benzene rings is 6. The Hall–Kier alpha value is -3.00. The summed E-state index contributed by atoms with van der Waals surface area (Å²) in [6.07, 6.45) is 5.14. The summed E-state index contributed by atoms with van der Waals surface area (Å²) in [4.78, 5) is 0. The fraction of sp³-hybridized carbons (Fsp3) is 0.143. The molecule has 0 bridgehead atoms. The molecule has 0 N–H and O–H groups in total. The molecular weight excluding hydrogens is 695 g/mol. The van der Waals surface area contributed by atoms with Crippen LogP contribution in [0.1, 0.15) is 51.8 Å². The Morgan fingerprint density at radius 2 is 0.891 bits per heavy atom. The Morgan fingerprint density at radius 3 is 1.33 bits per heavy atom. The first kappa shape index (κ1) is 32.9. The molecule has 0 saturated carbocycles. The Morgan fingerprint density at radius 1 is 0.500 bits per heavy atom. The number of fused-ring (bicyclic) bond motifs is 4. The predicted molar refractivity (Wildman–Crippen MR) is 189 cm³/mol. The van der Waals surface area contributed by atoms with Crippen LogP contribution in [0.3, 0.4) is 0 Å². The van der Waals surface area contributed by atoms with Gasteiger partial charge in [0.2, 0.25) is 0 Å². The molecule has 2 unspecified atom stereocenters. The Bertz CT molecular complexity index is 2090. The molecule has 0 heterocycles. The first-order chi connectivity index (χ1) is 21.5. The number of aryl methyl sites for hydroxylation is 2. The summed E-state index contributed by atoms with van der Waals surface area (Å²) >= 11 is -2.41. The molecule has 0 aromatic heterocycles. The van der Waals surface area contributed by atoms with Gasteiger partial charge < -0.3 is 24.8 Å². The Kier molecular flexibility index (Phi) is 9.48. The van der Waals surface area contributed by atoms with Crippen LogP contribution in [0, 0.1) is 13.8 Å². The number of halogens is 2. The maximum Gasteiger partial charge on any atom is -1.00 e. The maximum absolute atomic E-state index is 2.64. The van der Waals surface area contributed by atoms with Crippen LogP contribution in [0.2, 0.25) is 13.1 Å². The molecule has 4 heteroatoms. The first-order valence-corrected chi connectivity index (χ1v) is 24.8. The van der Waals surface area contributed by atoms with Crippen molar-refractivity contribution < 1.29 is 45.2 Å². The van der Waals surface area contributed by atoms with Gasteiger partial charge in [-0.3, -0.25) is 0 Å². The van der Waals surface area contributed by atoms with Crippen molar-refractivity contribution in [1.82, 2.24) is 0 Å². The maximum atomic E-state index is 2.64. The Balaban J connectivity index is 0.00000186. The van der Waals surface area contributed by atoms with E-state index in [9.17, 15) is 0 Å². The van der Waals surface area contributed by atoms with E-state index >= 15 is 0 Å². The summed E-state index contributed by atoms with van der Waals surface area (Å²) < 4.78 is 1.02. The van der Waals surface area contributed by atoms with Crippen LogP contribution in [-0.2, 0) is 20.4 Å². The molecule has 226 valence electrons. The fourth-order valence-electron chi connectivity index (χ4n) is 7.93. The van der Waals surface area contributed by atoms with E-state index < -0.39 is 25.8 Å². The van der Waals surface area contributed by atoms with Crippen molar-refractivity contribution in [3.05, 3.63) is 166 Å². The zero-order valence-corrected chi connectivity index (χ0v) is 31.6. The predicted octanol–water partition coefficient (Wildman–Crippen LogP) is 5.38. The minimum Gasteiger partial charge on any atom is -1.00 e. The molecule has 2 aliphatic rings. The summed E-state index contributed by atoms with van der Waals surface area (Å²) in [5.74, 6) is 0. The van der Waals surface area contributed by atoms with Gasteiger partial charge in [-0.25, -0.2) is 0 Å². The van der Waals surface area contributed by atoms with Gasteiger partial charge in [0.25, 0.3) is 0 Å². The molecule has 0 radical (unpaired) electrons. The zero-order chi connectivity index (χ0) is 29.9. The second-order valence-corrected chi connectivity index (χ2v) is 30.7. The van der Waals surface area contributed by atoms with Gasteiger partial charge in [0.05, 0.1) is 0 Å². The summed E-state index contributed by atoms with van der Waals surface area (Å²) in [5.41, 5.74) is 14.1. The average molecular weight is 731 g/mol. The van der Waals surface area contributed by atoms with Crippen LogP contribution in [-0.4, -0.2) is 5.43 Å². The van der Waals surface area contributed by atoms with Gasteiger partial charge in [-0.05, 0) is 0 Å². The molecule has 0 aliphatic heterocycles. The van der Waals surface area contributed by atoms with Crippen LogP contribution in [0.4, 0.5) is 0 Å². The standard InChI is InChI=1S/2C20H15.C2H6Si.2ClH.Zr/c2*1-14-10-17-8-4-5-9-19(17)20(11-14)18-12-15-6-2-3-7-16(15)13-18;1-3-2;;;/h2*2-13H,1H3;1-2H3;2*1H;/q;;;;;+2/p-2. The van der Waals surface area contributed by atoms with Gasteiger partial charge in [0, 0.05) is 0 Å². The fourth-order valence-corrected chi connectivity index (χ4v) is 27.9. The molecule has 2 aliphatic carbocycles. The van der Waals surface area contributed by atoms with Crippen molar-refractivity contribution in [2.75, 3.05) is 0 Å². The van der Waals surface area contributed by atoms with E-state index in [4.69, 9.17) is 0 Å². The molecule has 0 spiro atoms. The van der Waals surface area contributed by atoms with Crippen molar-refractivity contribution in [1.29, 1.82) is 0 Å². The smallest absolute Gasteiger partial charge is 1.00 e. The molecule has 8 rings (SSSR count). The molecule has 6 aromatic rings. The molecule has 2 atom stereocenters. The van der Waals surface area contributed by atoms with Crippen molar-refractivity contribution in [3.63, 3.8) is 0 Å². The van der Waals surface area contributed by atoms with Crippen molar-refractivity contribution in [3.8, 4) is 0 Å². The first-order valence-electron chi connectivity index (χ1n) is 15.8. The molecule has 0 fully saturated rings. The van der Waals surface area contributed by atoms with Crippen LogP contribution in [0.15, 0.2) is 121 Å². The molecule has 0 nitrogen and oxygen atoms in total. The van der Waals surface area contributed by atoms with Crippen molar-refractivity contribution >= 4 is 50.3 Å². The SMILES string of the molecule is Cc1cc(C2=Cc3ccccc3[CH]2[Zr+2]([CH]2C(c3cc(C)cc4ccccc34)=Cc3ccccc32)=[Si](C)C)c2ccccc2c1.[Cl-].[Cl-]. The van der Waals surface area contributed by atoms with Gasteiger partial charge >= 0.3 is 271 Å². The molecule has 6 aromatic carbocycles. The third kappa shape index (κ3) is 5.52. The summed E-state index contributed by atoms with van der Waals surface area (Å²) in [7, 11) is 0. The van der Waals surface area contributed by atoms with Gasteiger partial charge in [0.15, 0.2) is 0 Å². The van der Waals surface area contributed by atoms with Crippen molar-refractivity contribution in [2.24, 2.45) is 0 Å². The Labute approximate surface area is 293 Å². The summed E-state index contributed by atoms with van der Waals surface area (Å²) in [6.45, 7) is 9.80. The second-order valence-electron chi connectivity index (χ2n) is 12.8. The third-order valence-electron chi connectivity index (χ3n) is 9.69. The largest absolute Gasteiger partial charge is 1.00 e. The van der Waals surface area contributed by atoms with E-state index in [-0.39, 0.29) is 24.8 Å². The van der Waals surface area contributed by atoms with Gasteiger partial charge in [-0.1, -0.05) is 0 Å². The molecule has 0 saturated heterocycles. The number of rotatable bonds is 4. The van der Waals surface area contributed by atoms with E-state index in [1.54, 1.807) is 22.3 Å². The van der Waals surface area contributed by atoms with Crippen LogP contribution in [0.5, 0.6) is 0 Å². The zero-order valence-electron chi connectivity index (χ0n) is 26.6. The van der Waals surface area contributed by atoms with Gasteiger partial charge in [0.1, 0.15) is 0 Å². The summed E-state index contributed by atoms with van der Waals surface area (Å²) in [6, 6.07) is 46.3. The van der Waals surface area contributed by atoms with Gasteiger partial charge in [-0.15, -0.1) is 0 Å². The van der Waals surface area contributed by atoms with E-state index in [1.165, 1.54) is 54.9 Å². The normalized spacial score (nSPS) is 16.0. The molecular formula is C42H36Cl2SiZr. The number of allylic oxidation sites excluding steroid dienone is 2. The van der Waals surface area contributed by atoms with Crippen LogP contribution in [0.25, 0.3) is 44.8 Å². The van der Waals surface area contributed by atoms with Crippen LogP contribution < -0.4 is 24.8 Å².